The number of hydrogen-bond donors (Lipinski definition) is 1. The molecule has 1 N–H and O–H groups in total. The number of amides is 1. The summed E-state index contributed by atoms with van der Waals surface area (Å²) in [4.78, 5) is 12.2. The van der Waals surface area contributed by atoms with Crippen LogP contribution in [0.1, 0.15) is 24.2 Å². The standard InChI is InChI=1S/C14H19ClN2O3S2/c1-10(2)16-14(18)12-9-11(3-4-13(12)15)22(19,20)17-5-7-21-8-6-17/h3-4,9-10H,5-8H2,1-2H3,(H,16,18). The van der Waals surface area contributed by atoms with E-state index >= 15 is 0 Å². The number of halogens is 1. The molecule has 0 aliphatic carbocycles. The van der Waals surface area contributed by atoms with Crippen molar-refractivity contribution in [3.05, 3.63) is 28.8 Å². The summed E-state index contributed by atoms with van der Waals surface area (Å²) in [6, 6.07) is 4.22. The van der Waals surface area contributed by atoms with Gasteiger partial charge in [-0.25, -0.2) is 8.42 Å². The molecule has 0 spiro atoms. The van der Waals surface area contributed by atoms with E-state index in [-0.39, 0.29) is 27.4 Å². The first-order valence-corrected chi connectivity index (χ1v) is 9.98. The Bertz CT molecular complexity index is 656. The Hall–Kier alpha value is -0.760. The first-order chi connectivity index (χ1) is 10.3. The quantitative estimate of drug-likeness (QED) is 0.891. The minimum atomic E-state index is -3.58. The molecule has 2 rings (SSSR count). The molecule has 0 aromatic heterocycles. The van der Waals surface area contributed by atoms with Gasteiger partial charge in [-0.15, -0.1) is 0 Å². The van der Waals surface area contributed by atoms with Crippen LogP contribution < -0.4 is 5.32 Å². The maximum Gasteiger partial charge on any atom is 0.253 e. The second-order valence-electron chi connectivity index (χ2n) is 5.29. The third-order valence-corrected chi connectivity index (χ3v) is 6.38. The maximum atomic E-state index is 12.6. The van der Waals surface area contributed by atoms with Crippen molar-refractivity contribution in [1.82, 2.24) is 9.62 Å². The molecule has 1 amide bonds. The van der Waals surface area contributed by atoms with E-state index in [2.05, 4.69) is 5.32 Å². The highest BCUT2D eigenvalue weighted by Crippen LogP contribution is 2.24. The summed E-state index contributed by atoms with van der Waals surface area (Å²) >= 11 is 7.77. The lowest BCUT2D eigenvalue weighted by atomic mass is 10.2. The zero-order chi connectivity index (χ0) is 16.3. The molecular formula is C14H19ClN2O3S2. The molecule has 0 bridgehead atoms. The third-order valence-electron chi connectivity index (χ3n) is 3.21. The normalized spacial score (nSPS) is 16.7. The number of rotatable bonds is 4. The lowest BCUT2D eigenvalue weighted by molar-refractivity contribution is 0.0943. The fourth-order valence-electron chi connectivity index (χ4n) is 2.11. The molecular weight excluding hydrogens is 344 g/mol. The van der Waals surface area contributed by atoms with Gasteiger partial charge < -0.3 is 5.32 Å². The third kappa shape index (κ3) is 3.95. The van der Waals surface area contributed by atoms with Gasteiger partial charge in [-0.1, -0.05) is 11.6 Å². The molecule has 1 aliphatic rings. The lowest BCUT2D eigenvalue weighted by Crippen LogP contribution is -2.38. The van der Waals surface area contributed by atoms with Crippen molar-refractivity contribution in [1.29, 1.82) is 0 Å². The van der Waals surface area contributed by atoms with Gasteiger partial charge in [-0.05, 0) is 32.0 Å². The summed E-state index contributed by atoms with van der Waals surface area (Å²) < 4.78 is 26.7. The molecule has 1 fully saturated rings. The first kappa shape index (κ1) is 17.6. The monoisotopic (exact) mass is 362 g/mol. The summed E-state index contributed by atoms with van der Waals surface area (Å²) in [6.45, 7) is 4.64. The Labute approximate surface area is 140 Å². The van der Waals surface area contributed by atoms with Crippen LogP contribution in [0.3, 0.4) is 0 Å². The van der Waals surface area contributed by atoms with Crippen LogP contribution >= 0.6 is 23.4 Å². The van der Waals surface area contributed by atoms with Crippen molar-refractivity contribution in [3.63, 3.8) is 0 Å². The molecule has 1 aliphatic heterocycles. The van der Waals surface area contributed by atoms with E-state index in [0.29, 0.717) is 13.1 Å². The summed E-state index contributed by atoms with van der Waals surface area (Å²) in [5, 5.41) is 2.96. The van der Waals surface area contributed by atoms with E-state index in [1.807, 2.05) is 13.8 Å². The number of nitrogens with one attached hydrogen (secondary N) is 1. The fraction of sp³-hybridized carbons (Fsp3) is 0.500. The minimum absolute atomic E-state index is 0.0528. The van der Waals surface area contributed by atoms with Gasteiger partial charge in [0.1, 0.15) is 0 Å². The molecule has 1 heterocycles. The van der Waals surface area contributed by atoms with E-state index in [9.17, 15) is 13.2 Å². The SMILES string of the molecule is CC(C)NC(=O)c1cc(S(=O)(=O)N2CCSCC2)ccc1Cl. The summed E-state index contributed by atoms with van der Waals surface area (Å²) in [5.74, 6) is 1.20. The van der Waals surface area contributed by atoms with Crippen molar-refractivity contribution in [2.24, 2.45) is 0 Å². The Morgan fingerprint density at radius 3 is 2.55 bits per heavy atom. The predicted molar refractivity (Wildman–Crippen MR) is 90.1 cm³/mol. The molecule has 22 heavy (non-hydrogen) atoms. The van der Waals surface area contributed by atoms with Crippen molar-refractivity contribution in [2.45, 2.75) is 24.8 Å². The van der Waals surface area contributed by atoms with Gasteiger partial charge in [0.05, 0.1) is 15.5 Å². The van der Waals surface area contributed by atoms with Gasteiger partial charge in [0.15, 0.2) is 0 Å². The van der Waals surface area contributed by atoms with E-state index in [1.54, 1.807) is 11.8 Å². The van der Waals surface area contributed by atoms with Crippen LogP contribution in [-0.2, 0) is 10.0 Å². The van der Waals surface area contributed by atoms with Crippen LogP contribution in [0.5, 0.6) is 0 Å². The van der Waals surface area contributed by atoms with Crippen LogP contribution in [0.25, 0.3) is 0 Å². The van der Waals surface area contributed by atoms with Gasteiger partial charge in [0.2, 0.25) is 10.0 Å². The van der Waals surface area contributed by atoms with E-state index in [4.69, 9.17) is 11.6 Å². The Balaban J connectivity index is 2.34. The zero-order valence-corrected chi connectivity index (χ0v) is 14.9. The smallest absolute Gasteiger partial charge is 0.253 e. The number of thioether (sulfide) groups is 1. The number of sulfonamides is 1. The number of benzene rings is 1. The molecule has 8 heteroatoms. The molecule has 5 nitrogen and oxygen atoms in total. The maximum absolute atomic E-state index is 12.6. The van der Waals surface area contributed by atoms with Crippen molar-refractivity contribution < 1.29 is 13.2 Å². The Morgan fingerprint density at radius 1 is 1.32 bits per heavy atom. The molecule has 1 aromatic rings. The predicted octanol–water partition coefficient (Wildman–Crippen LogP) is 2.22. The average Bonchev–Trinajstić information content (AvgIpc) is 2.47. The van der Waals surface area contributed by atoms with Crippen molar-refractivity contribution in [3.8, 4) is 0 Å². The molecule has 1 aromatic carbocycles. The van der Waals surface area contributed by atoms with Gasteiger partial charge in [-0.2, -0.15) is 16.1 Å². The van der Waals surface area contributed by atoms with Crippen molar-refractivity contribution in [2.75, 3.05) is 24.6 Å². The van der Waals surface area contributed by atoms with E-state index in [0.717, 1.165) is 11.5 Å². The number of nitrogens with zero attached hydrogens (tertiary/aromatic N) is 1. The molecule has 122 valence electrons. The Morgan fingerprint density at radius 2 is 1.95 bits per heavy atom. The molecule has 0 unspecified atom stereocenters. The van der Waals surface area contributed by atoms with Gasteiger partial charge in [0, 0.05) is 30.6 Å². The number of hydrogen-bond acceptors (Lipinski definition) is 4. The summed E-state index contributed by atoms with van der Waals surface area (Å²) in [6.07, 6.45) is 0. The average molecular weight is 363 g/mol. The van der Waals surface area contributed by atoms with Crippen LogP contribution in [-0.4, -0.2) is 49.3 Å². The van der Waals surface area contributed by atoms with Crippen LogP contribution in [0.2, 0.25) is 5.02 Å². The summed E-state index contributed by atoms with van der Waals surface area (Å²) in [5.41, 5.74) is 0.183. The summed E-state index contributed by atoms with van der Waals surface area (Å²) in [7, 11) is -3.58. The molecule has 0 saturated carbocycles. The lowest BCUT2D eigenvalue weighted by Gasteiger charge is -2.25. The highest BCUT2D eigenvalue weighted by atomic mass is 35.5. The zero-order valence-electron chi connectivity index (χ0n) is 12.5. The molecule has 0 atom stereocenters. The number of carbonyl (C=O) groups is 1. The van der Waals surface area contributed by atoms with Gasteiger partial charge in [-0.3, -0.25) is 4.79 Å². The van der Waals surface area contributed by atoms with E-state index < -0.39 is 10.0 Å². The molecule has 0 radical (unpaired) electrons. The Kier molecular flexibility index (Phi) is 5.76. The van der Waals surface area contributed by atoms with Crippen molar-refractivity contribution >= 4 is 39.3 Å². The highest BCUT2D eigenvalue weighted by molar-refractivity contribution is 7.99. The topological polar surface area (TPSA) is 66.5 Å². The van der Waals surface area contributed by atoms with Gasteiger partial charge >= 0.3 is 0 Å². The minimum Gasteiger partial charge on any atom is -0.350 e. The largest absolute Gasteiger partial charge is 0.350 e. The fourth-order valence-corrected chi connectivity index (χ4v) is 4.92. The highest BCUT2D eigenvalue weighted by Gasteiger charge is 2.27. The number of carbonyl (C=O) groups excluding carboxylic acids is 1. The second-order valence-corrected chi connectivity index (χ2v) is 8.86. The molecule has 1 saturated heterocycles. The van der Waals surface area contributed by atoms with Gasteiger partial charge in [0.25, 0.3) is 5.91 Å². The van der Waals surface area contributed by atoms with Crippen LogP contribution in [0.15, 0.2) is 23.1 Å². The first-order valence-electron chi connectivity index (χ1n) is 7.00. The van der Waals surface area contributed by atoms with Crippen LogP contribution in [0, 0.1) is 0 Å². The second kappa shape index (κ2) is 7.21. The van der Waals surface area contributed by atoms with Crippen LogP contribution in [0.4, 0.5) is 0 Å². The van der Waals surface area contributed by atoms with E-state index in [1.165, 1.54) is 22.5 Å².